The third-order valence-electron chi connectivity index (χ3n) is 1.38. The first kappa shape index (κ1) is 10.7. The zero-order chi connectivity index (χ0) is 8.69. The topological polar surface area (TPSA) is 46.6 Å². The van der Waals surface area contributed by atoms with Crippen LogP contribution in [0.3, 0.4) is 0 Å². The van der Waals surface area contributed by atoms with Crippen molar-refractivity contribution in [2.45, 2.75) is 12.5 Å². The van der Waals surface area contributed by atoms with E-state index < -0.39 is 0 Å². The second-order valence-corrected chi connectivity index (χ2v) is 2.77. The Kier molecular flexibility index (Phi) is 6.22. The number of carbonyl (C=O) groups excluding carboxylic acids is 1. The minimum atomic E-state index is -0.325. The van der Waals surface area contributed by atoms with Gasteiger partial charge in [-0.05, 0) is 20.5 Å². The van der Waals surface area contributed by atoms with Crippen molar-refractivity contribution in [2.75, 3.05) is 20.7 Å². The first-order valence-corrected chi connectivity index (χ1v) is 4.01. The van der Waals surface area contributed by atoms with Gasteiger partial charge in [0, 0.05) is 0 Å². The maximum atomic E-state index is 10.4. The molecule has 0 aliphatic rings. The van der Waals surface area contributed by atoms with Gasteiger partial charge in [-0.15, -0.1) is 0 Å². The molecule has 0 saturated carbocycles. The lowest BCUT2D eigenvalue weighted by Gasteiger charge is -2.16. The smallest absolute Gasteiger partial charge is 0.302 e. The zero-order valence-electron chi connectivity index (χ0n) is 6.69. The van der Waals surface area contributed by atoms with Gasteiger partial charge < -0.3 is 4.79 Å². The number of hydrogen-bond donors (Lipinski definition) is 0. The summed E-state index contributed by atoms with van der Waals surface area (Å²) in [4.78, 5) is 12.2. The molecular weight excluding hydrogens is 165 g/mol. The molecule has 0 bridgehead atoms. The monoisotopic (exact) mass is 177 g/mol. The van der Waals surface area contributed by atoms with Gasteiger partial charge in [-0.1, -0.05) is 0 Å². The average molecular weight is 177 g/mol. The van der Waals surface area contributed by atoms with Crippen LogP contribution in [-0.2, 0) is 13.9 Å². The molecule has 0 spiro atoms. The predicted octanol–water partition coefficient (Wildman–Crippen LogP) is 0.729. The molecule has 64 valence electrons. The summed E-state index contributed by atoms with van der Waals surface area (Å²) in [6.45, 7) is 0.340. The van der Waals surface area contributed by atoms with E-state index in [2.05, 4.69) is 4.52 Å². The Bertz CT molecular complexity index is 129. The van der Waals surface area contributed by atoms with Crippen LogP contribution >= 0.6 is 8.69 Å². The molecule has 0 aliphatic heterocycles. The minimum absolute atomic E-state index is 0.142. The van der Waals surface area contributed by atoms with Crippen LogP contribution in [0.15, 0.2) is 0 Å². The number of hydrogen-bond acceptors (Lipinski definition) is 4. The lowest BCUT2D eigenvalue weighted by Crippen LogP contribution is -2.30. The molecular formula is C6H12NO3P. The molecule has 0 amide bonds. The highest BCUT2D eigenvalue weighted by Crippen LogP contribution is 2.01. The van der Waals surface area contributed by atoms with E-state index in [1.807, 2.05) is 14.1 Å². The summed E-state index contributed by atoms with van der Waals surface area (Å²) in [6, 6.07) is -0.142. The van der Waals surface area contributed by atoms with Crippen LogP contribution in [0.1, 0.15) is 6.42 Å². The van der Waals surface area contributed by atoms with Gasteiger partial charge in [0.25, 0.3) is 0 Å². The Morgan fingerprint density at radius 3 is 2.64 bits per heavy atom. The van der Waals surface area contributed by atoms with Crippen molar-refractivity contribution >= 4 is 15.0 Å². The summed E-state index contributed by atoms with van der Waals surface area (Å²) in [5, 5.41) is 0. The number of nitrogens with zero attached hydrogens (tertiary/aromatic N) is 1. The molecule has 0 aromatic rings. The number of carbonyl (C=O) groups is 1. The second kappa shape index (κ2) is 6.40. The molecule has 0 heterocycles. The Morgan fingerprint density at radius 2 is 2.27 bits per heavy atom. The summed E-state index contributed by atoms with van der Waals surface area (Å²) < 4.78 is 14.4. The van der Waals surface area contributed by atoms with Crippen LogP contribution in [0.2, 0.25) is 0 Å². The number of likely N-dealkylation sites (N-methyl/N-ethyl adjacent to an activating group) is 1. The van der Waals surface area contributed by atoms with E-state index in [1.54, 1.807) is 4.90 Å². The number of rotatable bonds is 6. The van der Waals surface area contributed by atoms with Gasteiger partial charge >= 0.3 is 8.69 Å². The maximum absolute atomic E-state index is 10.4. The molecule has 0 radical (unpaired) electrons. The third-order valence-corrected chi connectivity index (χ3v) is 1.67. The first-order valence-electron chi connectivity index (χ1n) is 3.28. The fraction of sp³-hybridized carbons (Fsp3) is 0.833. The third kappa shape index (κ3) is 5.01. The standard InChI is InChI=1S/C6H12NO3P/c1-7(2)6(5-8)3-4-10-11-9/h5-6H,3-4H2,1-2H3. The molecule has 0 rings (SSSR count). The molecule has 0 saturated heterocycles. The quantitative estimate of drug-likeness (QED) is 0.341. The van der Waals surface area contributed by atoms with Crippen molar-refractivity contribution < 1.29 is 13.9 Å². The van der Waals surface area contributed by atoms with Crippen molar-refractivity contribution in [2.24, 2.45) is 0 Å². The van der Waals surface area contributed by atoms with Gasteiger partial charge in [-0.25, -0.2) is 4.57 Å². The lowest BCUT2D eigenvalue weighted by molar-refractivity contribution is -0.112. The highest BCUT2D eigenvalue weighted by Gasteiger charge is 2.08. The van der Waals surface area contributed by atoms with Crippen LogP contribution in [-0.4, -0.2) is 37.9 Å². The van der Waals surface area contributed by atoms with Crippen molar-refractivity contribution in [1.29, 1.82) is 0 Å². The minimum Gasteiger partial charge on any atom is -0.302 e. The summed E-state index contributed by atoms with van der Waals surface area (Å²) in [5.74, 6) is 0. The van der Waals surface area contributed by atoms with Crippen molar-refractivity contribution in [3.05, 3.63) is 0 Å². The Morgan fingerprint density at radius 1 is 1.64 bits per heavy atom. The average Bonchev–Trinajstić information content (AvgIpc) is 1.97. The van der Waals surface area contributed by atoms with Gasteiger partial charge in [-0.2, -0.15) is 0 Å². The molecule has 0 aromatic carbocycles. The first-order chi connectivity index (χ1) is 5.22. The molecule has 1 atom stereocenters. The molecule has 5 heteroatoms. The molecule has 0 N–H and O–H groups in total. The van der Waals surface area contributed by atoms with E-state index >= 15 is 0 Å². The van der Waals surface area contributed by atoms with Crippen molar-refractivity contribution in [3.63, 3.8) is 0 Å². The van der Waals surface area contributed by atoms with Crippen LogP contribution in [0.5, 0.6) is 0 Å². The molecule has 0 fully saturated rings. The Balaban J connectivity index is 3.51. The maximum Gasteiger partial charge on any atom is 0.327 e. The highest BCUT2D eigenvalue weighted by atomic mass is 31.1. The van der Waals surface area contributed by atoms with E-state index in [0.29, 0.717) is 13.0 Å². The van der Waals surface area contributed by atoms with Gasteiger partial charge in [0.05, 0.1) is 12.6 Å². The zero-order valence-corrected chi connectivity index (χ0v) is 7.58. The van der Waals surface area contributed by atoms with Gasteiger partial charge in [-0.3, -0.25) is 9.42 Å². The molecule has 0 aliphatic carbocycles. The summed E-state index contributed by atoms with van der Waals surface area (Å²) in [6.07, 6.45) is 1.43. The lowest BCUT2D eigenvalue weighted by atomic mass is 10.2. The van der Waals surface area contributed by atoms with Crippen LogP contribution in [0.4, 0.5) is 0 Å². The van der Waals surface area contributed by atoms with Crippen molar-refractivity contribution in [1.82, 2.24) is 4.90 Å². The van der Waals surface area contributed by atoms with Gasteiger partial charge in [0.15, 0.2) is 0 Å². The largest absolute Gasteiger partial charge is 0.327 e. The fourth-order valence-electron chi connectivity index (χ4n) is 0.659. The Hall–Kier alpha value is -0.310. The Labute approximate surface area is 67.8 Å². The van der Waals surface area contributed by atoms with Crippen molar-refractivity contribution in [3.8, 4) is 0 Å². The number of aldehydes is 1. The molecule has 0 aromatic heterocycles. The van der Waals surface area contributed by atoms with Crippen LogP contribution in [0, 0.1) is 0 Å². The van der Waals surface area contributed by atoms with Gasteiger partial charge in [0.1, 0.15) is 6.29 Å². The molecule has 1 unspecified atom stereocenters. The van der Waals surface area contributed by atoms with E-state index in [-0.39, 0.29) is 14.7 Å². The van der Waals surface area contributed by atoms with Crippen LogP contribution in [0.25, 0.3) is 0 Å². The van der Waals surface area contributed by atoms with E-state index in [9.17, 15) is 9.36 Å². The molecule has 4 nitrogen and oxygen atoms in total. The normalized spacial score (nSPS) is 13.7. The predicted molar refractivity (Wildman–Crippen MR) is 41.7 cm³/mol. The molecule has 11 heavy (non-hydrogen) atoms. The van der Waals surface area contributed by atoms with E-state index in [1.165, 1.54) is 0 Å². The van der Waals surface area contributed by atoms with E-state index in [4.69, 9.17) is 0 Å². The van der Waals surface area contributed by atoms with Gasteiger partial charge in [0.2, 0.25) is 0 Å². The second-order valence-electron chi connectivity index (χ2n) is 2.36. The summed E-state index contributed by atoms with van der Waals surface area (Å²) in [5.41, 5.74) is 0. The SMILES string of the molecule is CN(C)C(C=O)CCOP=O. The highest BCUT2D eigenvalue weighted by molar-refractivity contribution is 7.17. The van der Waals surface area contributed by atoms with E-state index in [0.717, 1.165) is 6.29 Å². The summed E-state index contributed by atoms with van der Waals surface area (Å²) in [7, 11) is 3.30. The van der Waals surface area contributed by atoms with Crippen LogP contribution < -0.4 is 0 Å². The fourth-order valence-corrected chi connectivity index (χ4v) is 0.839. The summed E-state index contributed by atoms with van der Waals surface area (Å²) >= 11 is 0.